The predicted octanol–water partition coefficient (Wildman–Crippen LogP) is 2.79. The second-order valence-electron chi connectivity index (χ2n) is 10.1. The highest BCUT2D eigenvalue weighted by atomic mass is 32.2. The van der Waals surface area contributed by atoms with E-state index < -0.39 is 31.1 Å². The maximum Gasteiger partial charge on any atom is 0.277 e. The zero-order valence-electron chi connectivity index (χ0n) is 21.2. The highest BCUT2D eigenvalue weighted by molar-refractivity contribution is 7.90. The summed E-state index contributed by atoms with van der Waals surface area (Å²) in [6.45, 7) is 9.88. The molecule has 1 aromatic rings. The molecule has 1 saturated carbocycles. The summed E-state index contributed by atoms with van der Waals surface area (Å²) in [5, 5.41) is 10.8. The van der Waals surface area contributed by atoms with Crippen molar-refractivity contribution in [1.82, 2.24) is 14.2 Å². The molecule has 8 nitrogen and oxygen atoms in total. The quantitative estimate of drug-likeness (QED) is 0.320. The van der Waals surface area contributed by atoms with E-state index in [9.17, 15) is 21.9 Å². The summed E-state index contributed by atoms with van der Waals surface area (Å²) in [5.74, 6) is 0.575. The van der Waals surface area contributed by atoms with Crippen molar-refractivity contribution in [3.63, 3.8) is 0 Å². The summed E-state index contributed by atoms with van der Waals surface area (Å²) in [5.41, 5.74) is 0.994. The Labute approximate surface area is 206 Å². The van der Waals surface area contributed by atoms with E-state index >= 15 is 0 Å². The van der Waals surface area contributed by atoms with Gasteiger partial charge in [0.15, 0.2) is 0 Å². The van der Waals surface area contributed by atoms with Crippen LogP contribution in [0.15, 0.2) is 24.3 Å². The number of hydrogen-bond donors (Lipinski definition) is 4. The third-order valence-corrected chi connectivity index (χ3v) is 10.2. The van der Waals surface area contributed by atoms with Crippen LogP contribution in [0.3, 0.4) is 0 Å². The van der Waals surface area contributed by atoms with E-state index in [-0.39, 0.29) is 12.0 Å². The topological polar surface area (TPSA) is 125 Å². The number of aliphatic hydroxyl groups is 1. The zero-order valence-corrected chi connectivity index (χ0v) is 22.8. The third kappa shape index (κ3) is 8.57. The SMILES string of the molecule is CCC(C)NS(=O)(=O)NCCc1ccc(C2(O)CCC(C(C)CNS(=O)(=O)C(C)C)CC2)cc1. The van der Waals surface area contributed by atoms with Gasteiger partial charge in [-0.2, -0.15) is 13.1 Å². The minimum absolute atomic E-state index is 0.111. The number of benzene rings is 1. The Bertz CT molecular complexity index is 970. The fourth-order valence-electron chi connectivity index (χ4n) is 4.26. The van der Waals surface area contributed by atoms with Crippen LogP contribution in [0.5, 0.6) is 0 Å². The van der Waals surface area contributed by atoms with E-state index in [1.54, 1.807) is 13.8 Å². The average Bonchev–Trinajstić information content (AvgIpc) is 2.77. The number of hydrogen-bond acceptors (Lipinski definition) is 5. The Morgan fingerprint density at radius 3 is 2.12 bits per heavy atom. The van der Waals surface area contributed by atoms with Crippen molar-refractivity contribution in [2.24, 2.45) is 11.8 Å². The molecule has 1 aliphatic rings. The number of nitrogens with one attached hydrogen (secondary N) is 3. The van der Waals surface area contributed by atoms with Crippen molar-refractivity contribution in [3.05, 3.63) is 35.4 Å². The minimum atomic E-state index is -3.51. The first-order chi connectivity index (χ1) is 15.8. The van der Waals surface area contributed by atoms with Gasteiger partial charge in [0.05, 0.1) is 10.9 Å². The third-order valence-electron chi connectivity index (χ3n) is 7.05. The average molecular weight is 518 g/mol. The molecule has 1 aromatic carbocycles. The summed E-state index contributed by atoms with van der Waals surface area (Å²) in [7, 11) is -6.77. The van der Waals surface area contributed by atoms with Gasteiger partial charge in [-0.3, -0.25) is 0 Å². The highest BCUT2D eigenvalue weighted by Gasteiger charge is 2.36. The molecule has 0 radical (unpaired) electrons. The summed E-state index contributed by atoms with van der Waals surface area (Å²) in [6, 6.07) is 7.64. The molecular weight excluding hydrogens is 474 g/mol. The van der Waals surface area contributed by atoms with E-state index in [2.05, 4.69) is 21.1 Å². The Morgan fingerprint density at radius 1 is 1.00 bits per heavy atom. The van der Waals surface area contributed by atoms with Crippen molar-refractivity contribution in [2.75, 3.05) is 13.1 Å². The van der Waals surface area contributed by atoms with Crippen molar-refractivity contribution in [3.8, 4) is 0 Å². The first-order valence-corrected chi connectivity index (χ1v) is 15.4. The molecule has 0 bridgehead atoms. The number of rotatable bonds is 13. The molecule has 0 aliphatic heterocycles. The van der Waals surface area contributed by atoms with Crippen molar-refractivity contribution in [1.29, 1.82) is 0 Å². The van der Waals surface area contributed by atoms with Crippen LogP contribution >= 0.6 is 0 Å². The molecule has 0 heterocycles. The molecule has 0 amide bonds. The van der Waals surface area contributed by atoms with Gasteiger partial charge in [0, 0.05) is 19.1 Å². The lowest BCUT2D eigenvalue weighted by molar-refractivity contribution is -0.0207. The lowest BCUT2D eigenvalue weighted by Gasteiger charge is -2.38. The van der Waals surface area contributed by atoms with Crippen LogP contribution in [0.1, 0.15) is 77.8 Å². The normalized spacial score (nSPS) is 23.7. The van der Waals surface area contributed by atoms with Crippen LogP contribution in [0.4, 0.5) is 0 Å². The van der Waals surface area contributed by atoms with E-state index in [1.165, 1.54) is 0 Å². The predicted molar refractivity (Wildman–Crippen MR) is 137 cm³/mol. The summed E-state index contributed by atoms with van der Waals surface area (Å²) < 4.78 is 55.9. The summed E-state index contributed by atoms with van der Waals surface area (Å²) in [6.07, 6.45) is 4.24. The molecule has 196 valence electrons. The van der Waals surface area contributed by atoms with Crippen LogP contribution in [0.25, 0.3) is 0 Å². The molecule has 34 heavy (non-hydrogen) atoms. The van der Waals surface area contributed by atoms with Crippen LogP contribution in [-0.4, -0.2) is 46.3 Å². The largest absolute Gasteiger partial charge is 0.385 e. The van der Waals surface area contributed by atoms with Gasteiger partial charge in [-0.05, 0) is 82.3 Å². The summed E-state index contributed by atoms with van der Waals surface area (Å²) >= 11 is 0. The van der Waals surface area contributed by atoms with Crippen LogP contribution < -0.4 is 14.2 Å². The fraction of sp³-hybridized carbons (Fsp3) is 0.750. The highest BCUT2D eigenvalue weighted by Crippen LogP contribution is 2.41. The Balaban J connectivity index is 1.85. The molecule has 0 spiro atoms. The van der Waals surface area contributed by atoms with E-state index in [1.807, 2.05) is 38.1 Å². The Kier molecular flexibility index (Phi) is 10.5. The van der Waals surface area contributed by atoms with Gasteiger partial charge in [-0.25, -0.2) is 17.9 Å². The molecule has 2 atom stereocenters. The maximum absolute atomic E-state index is 12.0. The van der Waals surface area contributed by atoms with Gasteiger partial charge in [-0.1, -0.05) is 38.1 Å². The number of sulfonamides is 1. The lowest BCUT2D eigenvalue weighted by atomic mass is 9.71. The Morgan fingerprint density at radius 2 is 1.59 bits per heavy atom. The van der Waals surface area contributed by atoms with Gasteiger partial charge in [-0.15, -0.1) is 0 Å². The monoisotopic (exact) mass is 517 g/mol. The van der Waals surface area contributed by atoms with E-state index in [0.29, 0.717) is 38.3 Å². The van der Waals surface area contributed by atoms with Gasteiger partial charge < -0.3 is 5.11 Å². The zero-order chi connectivity index (χ0) is 25.6. The van der Waals surface area contributed by atoms with Crippen molar-refractivity contribution in [2.45, 2.75) is 90.0 Å². The maximum atomic E-state index is 12.0. The van der Waals surface area contributed by atoms with Gasteiger partial charge in [0.1, 0.15) is 0 Å². The van der Waals surface area contributed by atoms with Crippen molar-refractivity contribution < 1.29 is 21.9 Å². The van der Waals surface area contributed by atoms with Gasteiger partial charge in [0.2, 0.25) is 10.0 Å². The standard InChI is InChI=1S/C24H43N3O5S2/c1-6-20(5)27-34(31,32)25-16-13-21-7-9-23(10-8-21)24(28)14-11-22(12-15-24)19(4)17-26-33(29,30)18(2)3/h7-10,18-20,22,25-28H,6,11-17H2,1-5H3. The molecular formula is C24H43N3O5S2. The smallest absolute Gasteiger partial charge is 0.277 e. The molecule has 2 rings (SSSR count). The second-order valence-corrected chi connectivity index (χ2v) is 13.9. The summed E-state index contributed by atoms with van der Waals surface area (Å²) in [4.78, 5) is 0. The second kappa shape index (κ2) is 12.3. The molecule has 4 N–H and O–H groups in total. The Hall–Kier alpha value is -1.04. The van der Waals surface area contributed by atoms with Gasteiger partial charge >= 0.3 is 0 Å². The van der Waals surface area contributed by atoms with Crippen LogP contribution in [0.2, 0.25) is 0 Å². The molecule has 1 fully saturated rings. The first kappa shape index (κ1) is 29.2. The molecule has 1 aliphatic carbocycles. The van der Waals surface area contributed by atoms with E-state index in [0.717, 1.165) is 30.4 Å². The molecule has 2 unspecified atom stereocenters. The molecule has 10 heteroatoms. The lowest BCUT2D eigenvalue weighted by Crippen LogP contribution is -2.41. The van der Waals surface area contributed by atoms with Crippen molar-refractivity contribution >= 4 is 20.2 Å². The van der Waals surface area contributed by atoms with Crippen LogP contribution in [0, 0.1) is 11.8 Å². The van der Waals surface area contributed by atoms with Crippen LogP contribution in [-0.2, 0) is 32.3 Å². The fourth-order valence-corrected chi connectivity index (χ4v) is 6.24. The molecule has 0 aromatic heterocycles. The van der Waals surface area contributed by atoms with E-state index in [4.69, 9.17) is 0 Å². The molecule has 0 saturated heterocycles. The van der Waals surface area contributed by atoms with Gasteiger partial charge in [0.25, 0.3) is 10.2 Å². The minimum Gasteiger partial charge on any atom is -0.385 e. The first-order valence-electron chi connectivity index (χ1n) is 12.3.